The minimum atomic E-state index is -0.787. The molecule has 0 heterocycles. The molecule has 0 aromatic rings. The van der Waals surface area contributed by atoms with Gasteiger partial charge >= 0.3 is 17.9 Å². The fourth-order valence-electron chi connectivity index (χ4n) is 6.97. The van der Waals surface area contributed by atoms with Crippen molar-refractivity contribution in [3.63, 3.8) is 0 Å². The Labute approximate surface area is 365 Å². The van der Waals surface area contributed by atoms with Crippen molar-refractivity contribution >= 4 is 17.9 Å². The van der Waals surface area contributed by atoms with E-state index < -0.39 is 6.10 Å². The molecule has 0 aliphatic rings. The molecule has 0 spiro atoms. The molecule has 0 saturated carbocycles. The number of allylic oxidation sites excluding steroid dienone is 8. The first-order valence-corrected chi connectivity index (χ1v) is 25.1. The molecule has 342 valence electrons. The topological polar surface area (TPSA) is 78.9 Å². The lowest BCUT2D eigenvalue weighted by Crippen LogP contribution is -2.30. The fourth-order valence-corrected chi connectivity index (χ4v) is 6.97. The van der Waals surface area contributed by atoms with E-state index in [1.54, 1.807) is 0 Å². The molecule has 0 radical (unpaired) electrons. The van der Waals surface area contributed by atoms with E-state index >= 15 is 0 Å². The second-order valence-corrected chi connectivity index (χ2v) is 16.7. The molecule has 1 atom stereocenters. The van der Waals surface area contributed by atoms with Crippen molar-refractivity contribution in [3.8, 4) is 0 Å². The number of hydrogen-bond donors (Lipinski definition) is 0. The van der Waals surface area contributed by atoms with E-state index in [1.807, 2.05) is 0 Å². The van der Waals surface area contributed by atoms with Gasteiger partial charge in [-0.15, -0.1) is 0 Å². The van der Waals surface area contributed by atoms with Crippen LogP contribution in [0.2, 0.25) is 0 Å². The zero-order valence-electron chi connectivity index (χ0n) is 39.0. The Balaban J connectivity index is 4.44. The third-order valence-electron chi connectivity index (χ3n) is 10.8. The number of ether oxygens (including phenoxy) is 3. The molecule has 59 heavy (non-hydrogen) atoms. The molecule has 0 aliphatic carbocycles. The van der Waals surface area contributed by atoms with Crippen molar-refractivity contribution in [2.45, 2.75) is 258 Å². The van der Waals surface area contributed by atoms with Gasteiger partial charge in [-0.25, -0.2) is 0 Å². The van der Waals surface area contributed by atoms with Crippen LogP contribution >= 0.6 is 0 Å². The van der Waals surface area contributed by atoms with Gasteiger partial charge in [-0.2, -0.15) is 0 Å². The molecule has 0 aliphatic heterocycles. The van der Waals surface area contributed by atoms with Crippen LogP contribution in [0.3, 0.4) is 0 Å². The van der Waals surface area contributed by atoms with Crippen molar-refractivity contribution in [3.05, 3.63) is 48.6 Å². The van der Waals surface area contributed by atoms with E-state index in [4.69, 9.17) is 14.2 Å². The first kappa shape index (κ1) is 56.4. The molecule has 6 nitrogen and oxygen atoms in total. The number of rotatable bonds is 45. The Hall–Kier alpha value is -2.63. The normalized spacial score (nSPS) is 12.4. The van der Waals surface area contributed by atoms with Gasteiger partial charge in [0.25, 0.3) is 0 Å². The van der Waals surface area contributed by atoms with Gasteiger partial charge in [-0.3, -0.25) is 14.4 Å². The summed E-state index contributed by atoms with van der Waals surface area (Å²) in [4.78, 5) is 37.9. The number of esters is 3. The second-order valence-electron chi connectivity index (χ2n) is 16.7. The van der Waals surface area contributed by atoms with Crippen LogP contribution in [0, 0.1) is 0 Å². The first-order chi connectivity index (χ1) is 29.0. The van der Waals surface area contributed by atoms with Gasteiger partial charge in [0.15, 0.2) is 6.10 Å². The molecule has 0 bridgehead atoms. The zero-order valence-corrected chi connectivity index (χ0v) is 39.0. The average molecular weight is 827 g/mol. The van der Waals surface area contributed by atoms with Gasteiger partial charge in [0.1, 0.15) is 13.2 Å². The van der Waals surface area contributed by atoms with Gasteiger partial charge in [0, 0.05) is 19.3 Å². The van der Waals surface area contributed by atoms with E-state index in [1.165, 1.54) is 135 Å². The lowest BCUT2D eigenvalue weighted by molar-refractivity contribution is -0.167. The Morgan fingerprint density at radius 2 is 0.610 bits per heavy atom. The molecule has 0 amide bonds. The van der Waals surface area contributed by atoms with Crippen molar-refractivity contribution in [1.29, 1.82) is 0 Å². The van der Waals surface area contributed by atoms with E-state index in [2.05, 4.69) is 69.4 Å². The monoisotopic (exact) mass is 827 g/mol. The van der Waals surface area contributed by atoms with Crippen molar-refractivity contribution in [1.82, 2.24) is 0 Å². The van der Waals surface area contributed by atoms with Crippen LogP contribution in [0.1, 0.15) is 252 Å². The summed E-state index contributed by atoms with van der Waals surface area (Å²) in [6.45, 7) is 6.56. The predicted molar refractivity (Wildman–Crippen MR) is 252 cm³/mol. The van der Waals surface area contributed by atoms with Crippen LogP contribution in [0.5, 0.6) is 0 Å². The molecule has 0 aromatic carbocycles. The van der Waals surface area contributed by atoms with E-state index in [-0.39, 0.29) is 31.1 Å². The molecule has 6 heteroatoms. The van der Waals surface area contributed by atoms with Crippen molar-refractivity contribution in [2.75, 3.05) is 13.2 Å². The summed E-state index contributed by atoms with van der Waals surface area (Å²) in [7, 11) is 0. The standard InChI is InChI=1S/C53H94O6/c1-4-7-10-13-16-19-22-25-26-29-31-34-37-40-43-46-52(55)58-49-50(59-53(56)47-44-41-38-35-32-28-24-21-18-15-12-9-6-3)48-57-51(54)45-42-39-36-33-30-27-23-20-17-14-11-8-5-2/h16,19-20,23,25-26,31,34,50H,4-15,17-18,21-22,24,27-30,32-33,35-49H2,1-3H3/b19-16-,23-20-,26-25-,34-31-/t50-/m0/s1. The third-order valence-corrected chi connectivity index (χ3v) is 10.8. The molecule has 0 fully saturated rings. The molecule has 0 rings (SSSR count). The van der Waals surface area contributed by atoms with E-state index in [9.17, 15) is 14.4 Å². The number of hydrogen-bond acceptors (Lipinski definition) is 6. The summed E-state index contributed by atoms with van der Waals surface area (Å²) in [6, 6.07) is 0. The highest BCUT2D eigenvalue weighted by Crippen LogP contribution is 2.15. The summed E-state index contributed by atoms with van der Waals surface area (Å²) < 4.78 is 16.7. The van der Waals surface area contributed by atoms with Gasteiger partial charge in [-0.05, 0) is 83.5 Å². The van der Waals surface area contributed by atoms with Crippen LogP contribution in [-0.2, 0) is 28.6 Å². The molecule has 0 unspecified atom stereocenters. The third kappa shape index (κ3) is 46.3. The SMILES string of the molecule is CCCCC/C=C\C/C=C\C/C=C\CCCCC(=O)OC[C@H](COC(=O)CCCCCCC/C=C\CCCCCC)OC(=O)CCCCCCCCCCCCCCC. The summed E-state index contributed by atoms with van der Waals surface area (Å²) in [5, 5.41) is 0. The van der Waals surface area contributed by atoms with Crippen LogP contribution in [0.15, 0.2) is 48.6 Å². The lowest BCUT2D eigenvalue weighted by atomic mass is 10.0. The Morgan fingerprint density at radius 3 is 1.05 bits per heavy atom. The zero-order chi connectivity index (χ0) is 43.0. The highest BCUT2D eigenvalue weighted by molar-refractivity contribution is 5.71. The lowest BCUT2D eigenvalue weighted by Gasteiger charge is -2.18. The van der Waals surface area contributed by atoms with Crippen LogP contribution in [0.4, 0.5) is 0 Å². The predicted octanol–water partition coefficient (Wildman–Crippen LogP) is 16.3. The summed E-state index contributed by atoms with van der Waals surface area (Å²) >= 11 is 0. The quantitative estimate of drug-likeness (QED) is 0.0263. The van der Waals surface area contributed by atoms with E-state index in [0.717, 1.165) is 77.0 Å². The molecular formula is C53H94O6. The maximum atomic E-state index is 12.8. The maximum absolute atomic E-state index is 12.8. The van der Waals surface area contributed by atoms with Crippen LogP contribution in [0.25, 0.3) is 0 Å². The summed E-state index contributed by atoms with van der Waals surface area (Å²) in [6.07, 6.45) is 56.6. The smallest absolute Gasteiger partial charge is 0.306 e. The largest absolute Gasteiger partial charge is 0.462 e. The molecular weight excluding hydrogens is 733 g/mol. The van der Waals surface area contributed by atoms with Crippen molar-refractivity contribution in [2.24, 2.45) is 0 Å². The maximum Gasteiger partial charge on any atom is 0.306 e. The van der Waals surface area contributed by atoms with E-state index in [0.29, 0.717) is 19.3 Å². The number of carbonyl (C=O) groups excluding carboxylic acids is 3. The second kappa shape index (κ2) is 48.0. The highest BCUT2D eigenvalue weighted by atomic mass is 16.6. The fraction of sp³-hybridized carbons (Fsp3) is 0.792. The Kier molecular flexibility index (Phi) is 45.9. The minimum Gasteiger partial charge on any atom is -0.462 e. The average Bonchev–Trinajstić information content (AvgIpc) is 3.23. The number of carbonyl (C=O) groups is 3. The molecule has 0 saturated heterocycles. The Bertz CT molecular complexity index is 1040. The van der Waals surface area contributed by atoms with Crippen LogP contribution < -0.4 is 0 Å². The minimum absolute atomic E-state index is 0.0876. The first-order valence-electron chi connectivity index (χ1n) is 25.1. The molecule has 0 N–H and O–H groups in total. The van der Waals surface area contributed by atoms with Gasteiger partial charge in [0.2, 0.25) is 0 Å². The number of unbranched alkanes of at least 4 members (excludes halogenated alkanes) is 26. The van der Waals surface area contributed by atoms with Crippen LogP contribution in [-0.4, -0.2) is 37.2 Å². The Morgan fingerprint density at radius 1 is 0.339 bits per heavy atom. The molecule has 0 aromatic heterocycles. The van der Waals surface area contributed by atoms with Gasteiger partial charge in [0.05, 0.1) is 0 Å². The summed E-state index contributed by atoms with van der Waals surface area (Å²) in [5.74, 6) is -0.930. The summed E-state index contributed by atoms with van der Waals surface area (Å²) in [5.41, 5.74) is 0. The van der Waals surface area contributed by atoms with Gasteiger partial charge < -0.3 is 14.2 Å². The highest BCUT2D eigenvalue weighted by Gasteiger charge is 2.19. The van der Waals surface area contributed by atoms with Crippen molar-refractivity contribution < 1.29 is 28.6 Å². The van der Waals surface area contributed by atoms with Gasteiger partial charge in [-0.1, -0.05) is 198 Å².